The first-order valence-corrected chi connectivity index (χ1v) is 7.18. The van der Waals surface area contributed by atoms with Crippen molar-refractivity contribution in [3.05, 3.63) is 33.5 Å². The summed E-state index contributed by atoms with van der Waals surface area (Å²) in [6.07, 6.45) is -1.06. The molecule has 1 saturated carbocycles. The summed E-state index contributed by atoms with van der Waals surface area (Å²) in [5, 5.41) is 0. The molecule has 1 aliphatic carbocycles. The molecular formula is C14H12BrF2NO3. The first-order chi connectivity index (χ1) is 9.90. The number of fused-ring (bicyclic) bond motifs is 2. The zero-order valence-corrected chi connectivity index (χ0v) is 12.7. The summed E-state index contributed by atoms with van der Waals surface area (Å²) in [4.78, 5) is 25.0. The van der Waals surface area contributed by atoms with Gasteiger partial charge in [-0.1, -0.05) is 0 Å². The van der Waals surface area contributed by atoms with Crippen molar-refractivity contribution in [2.75, 3.05) is 20.2 Å². The van der Waals surface area contributed by atoms with Crippen LogP contribution in [0.1, 0.15) is 22.3 Å². The van der Waals surface area contributed by atoms with Crippen molar-refractivity contribution in [3.8, 4) is 0 Å². The van der Waals surface area contributed by atoms with Gasteiger partial charge in [0.1, 0.15) is 18.5 Å². The van der Waals surface area contributed by atoms with E-state index in [1.54, 1.807) is 0 Å². The predicted octanol–water partition coefficient (Wildman–Crippen LogP) is 2.20. The number of alkyl halides is 1. The van der Waals surface area contributed by atoms with Crippen LogP contribution in [0.15, 0.2) is 16.6 Å². The van der Waals surface area contributed by atoms with Gasteiger partial charge in [0.25, 0.3) is 5.91 Å². The molecule has 7 heteroatoms. The smallest absolute Gasteiger partial charge is 0.325 e. The maximum Gasteiger partial charge on any atom is 0.325 e. The fourth-order valence-electron chi connectivity index (χ4n) is 2.91. The largest absolute Gasteiger partial charge is 0.468 e. The van der Waals surface area contributed by atoms with E-state index in [9.17, 15) is 18.4 Å². The summed E-state index contributed by atoms with van der Waals surface area (Å²) >= 11 is 3.06. The summed E-state index contributed by atoms with van der Waals surface area (Å²) in [7, 11) is 1.21. The number of hydrogen-bond donors (Lipinski definition) is 0. The first kappa shape index (κ1) is 14.4. The van der Waals surface area contributed by atoms with Crippen molar-refractivity contribution < 1.29 is 23.1 Å². The Morgan fingerprint density at radius 1 is 1.57 bits per heavy atom. The zero-order chi connectivity index (χ0) is 15.4. The molecule has 2 aliphatic rings. The molecule has 1 spiro atoms. The van der Waals surface area contributed by atoms with E-state index in [0.717, 1.165) is 0 Å². The minimum absolute atomic E-state index is 0.0114. The molecule has 1 amide bonds. The maximum absolute atomic E-state index is 14.3. The summed E-state index contributed by atoms with van der Waals surface area (Å²) in [5.41, 5.74) is -0.799. The van der Waals surface area contributed by atoms with Gasteiger partial charge in [-0.25, -0.2) is 8.78 Å². The summed E-state index contributed by atoms with van der Waals surface area (Å²) in [6.45, 7) is -0.274. The topological polar surface area (TPSA) is 46.6 Å². The van der Waals surface area contributed by atoms with E-state index in [1.165, 1.54) is 24.1 Å². The van der Waals surface area contributed by atoms with Crippen molar-refractivity contribution >= 4 is 27.8 Å². The minimum Gasteiger partial charge on any atom is -0.468 e. The van der Waals surface area contributed by atoms with Crippen LogP contribution in [0.4, 0.5) is 8.78 Å². The third kappa shape index (κ3) is 2.06. The van der Waals surface area contributed by atoms with Crippen molar-refractivity contribution in [2.45, 2.75) is 18.0 Å². The molecule has 0 saturated heterocycles. The molecule has 0 aromatic heterocycles. The van der Waals surface area contributed by atoms with Gasteiger partial charge in [0, 0.05) is 17.7 Å². The molecule has 0 unspecified atom stereocenters. The predicted molar refractivity (Wildman–Crippen MR) is 73.2 cm³/mol. The van der Waals surface area contributed by atoms with Gasteiger partial charge in [0.15, 0.2) is 0 Å². The third-order valence-corrected chi connectivity index (χ3v) is 4.73. The summed E-state index contributed by atoms with van der Waals surface area (Å²) in [5.74, 6) is -1.67. The zero-order valence-electron chi connectivity index (χ0n) is 11.2. The Hall–Kier alpha value is -1.50. The number of rotatable bonds is 2. The molecule has 2 atom stereocenters. The van der Waals surface area contributed by atoms with Crippen LogP contribution < -0.4 is 0 Å². The highest BCUT2D eigenvalue weighted by molar-refractivity contribution is 9.10. The average Bonchev–Trinajstić information content (AvgIpc) is 3.09. The highest BCUT2D eigenvalue weighted by Crippen LogP contribution is 2.55. The number of hydrogen-bond acceptors (Lipinski definition) is 3. The van der Waals surface area contributed by atoms with Crippen LogP contribution in [0.5, 0.6) is 0 Å². The van der Waals surface area contributed by atoms with Crippen LogP contribution in [0.25, 0.3) is 0 Å². The molecule has 1 heterocycles. The second-order valence-electron chi connectivity index (χ2n) is 5.35. The Labute approximate surface area is 128 Å². The van der Waals surface area contributed by atoms with E-state index in [1.807, 2.05) is 0 Å². The van der Waals surface area contributed by atoms with Gasteiger partial charge in [0.05, 0.1) is 17.0 Å². The number of carbonyl (C=O) groups excluding carboxylic acids is 2. The van der Waals surface area contributed by atoms with Gasteiger partial charge in [-0.3, -0.25) is 9.59 Å². The van der Waals surface area contributed by atoms with Gasteiger partial charge in [-0.05, 0) is 34.5 Å². The second kappa shape index (κ2) is 4.76. The number of esters is 1. The standard InChI is InChI=1S/C14H12BrF2NO3/c1-21-10(19)5-18-6-14(4-9(14)16)11-7(13(18)20)2-3-8(15)12(11)17/h2-3,9H,4-6H2,1H3/t9-,14+/m0/s1. The van der Waals surface area contributed by atoms with Gasteiger partial charge < -0.3 is 9.64 Å². The average molecular weight is 360 g/mol. The Kier molecular flexibility index (Phi) is 3.27. The summed E-state index contributed by atoms with van der Waals surface area (Å²) < 4.78 is 33.0. The molecule has 0 radical (unpaired) electrons. The molecule has 1 fully saturated rings. The Morgan fingerprint density at radius 2 is 2.24 bits per heavy atom. The van der Waals surface area contributed by atoms with E-state index < -0.39 is 29.3 Å². The van der Waals surface area contributed by atoms with Crippen LogP contribution >= 0.6 is 15.9 Å². The lowest BCUT2D eigenvalue weighted by Gasteiger charge is -2.34. The number of methoxy groups -OCH3 is 1. The van der Waals surface area contributed by atoms with E-state index >= 15 is 0 Å². The number of amides is 1. The molecule has 112 valence electrons. The monoisotopic (exact) mass is 359 g/mol. The molecule has 0 bridgehead atoms. The highest BCUT2D eigenvalue weighted by atomic mass is 79.9. The molecular weight excluding hydrogens is 348 g/mol. The van der Waals surface area contributed by atoms with Crippen molar-refractivity contribution in [1.82, 2.24) is 4.90 Å². The third-order valence-electron chi connectivity index (χ3n) is 4.11. The van der Waals surface area contributed by atoms with E-state index in [-0.39, 0.29) is 35.1 Å². The summed E-state index contributed by atoms with van der Waals surface area (Å²) in [6, 6.07) is 2.87. The minimum atomic E-state index is -1.21. The maximum atomic E-state index is 14.3. The van der Waals surface area contributed by atoms with Crippen molar-refractivity contribution in [3.63, 3.8) is 0 Å². The quantitative estimate of drug-likeness (QED) is 0.760. The lowest BCUT2D eigenvalue weighted by Crippen LogP contribution is -2.47. The van der Waals surface area contributed by atoms with Crippen LogP contribution in [0, 0.1) is 5.82 Å². The Balaban J connectivity index is 2.07. The second-order valence-corrected chi connectivity index (χ2v) is 6.20. The lowest BCUT2D eigenvalue weighted by molar-refractivity contribution is -0.141. The van der Waals surface area contributed by atoms with Crippen molar-refractivity contribution in [1.29, 1.82) is 0 Å². The van der Waals surface area contributed by atoms with E-state index in [2.05, 4.69) is 20.7 Å². The van der Waals surface area contributed by atoms with Crippen LogP contribution in [0.3, 0.4) is 0 Å². The highest BCUT2D eigenvalue weighted by Gasteiger charge is 2.62. The number of nitrogens with zero attached hydrogens (tertiary/aromatic N) is 1. The van der Waals surface area contributed by atoms with Gasteiger partial charge in [-0.15, -0.1) is 0 Å². The molecule has 0 N–H and O–H groups in total. The van der Waals surface area contributed by atoms with Crippen LogP contribution in [-0.2, 0) is 14.9 Å². The molecule has 1 aromatic carbocycles. The number of halogens is 3. The van der Waals surface area contributed by atoms with Gasteiger partial charge >= 0.3 is 5.97 Å². The van der Waals surface area contributed by atoms with Crippen LogP contribution in [0.2, 0.25) is 0 Å². The SMILES string of the molecule is COC(=O)CN1C[C@@]2(C[C@@H]2F)c2c(ccc(Br)c2F)C1=O. The van der Waals surface area contributed by atoms with E-state index in [0.29, 0.717) is 0 Å². The molecule has 4 nitrogen and oxygen atoms in total. The lowest BCUT2D eigenvalue weighted by atomic mass is 9.85. The van der Waals surface area contributed by atoms with Gasteiger partial charge in [0.2, 0.25) is 0 Å². The number of benzene rings is 1. The Bertz CT molecular complexity index is 651. The fourth-order valence-corrected chi connectivity index (χ4v) is 3.24. The first-order valence-electron chi connectivity index (χ1n) is 6.39. The number of ether oxygens (including phenoxy) is 1. The normalized spacial score (nSPS) is 26.8. The molecule has 1 aliphatic heterocycles. The molecule has 1 aromatic rings. The van der Waals surface area contributed by atoms with E-state index in [4.69, 9.17) is 0 Å². The van der Waals surface area contributed by atoms with Crippen LogP contribution in [-0.4, -0.2) is 43.1 Å². The fraction of sp³-hybridized carbons (Fsp3) is 0.429. The van der Waals surface area contributed by atoms with Gasteiger partial charge in [-0.2, -0.15) is 0 Å². The molecule has 3 rings (SSSR count). The molecule has 21 heavy (non-hydrogen) atoms. The van der Waals surface area contributed by atoms with Crippen molar-refractivity contribution in [2.24, 2.45) is 0 Å². The Morgan fingerprint density at radius 3 is 2.81 bits per heavy atom. The number of carbonyl (C=O) groups is 2.